The largest absolute Gasteiger partial charge is 0.497 e. The Balaban J connectivity index is 1.48. The molecule has 0 saturated carbocycles. The number of carbonyl (C=O) groups is 2. The van der Waals surface area contributed by atoms with Gasteiger partial charge >= 0.3 is 5.97 Å². The standard InChI is InChI=1S/C20H18ClN3O4/c1-27-15-7-5-14(6-8-15)12-22-18(25)13-28-19(26)10-9-16-20(21)23-17-4-2-3-11-24(16)17/h2-11H,12-13H2,1H3,(H,22,25)/b10-9+. The first-order valence-electron chi connectivity index (χ1n) is 8.44. The molecular weight excluding hydrogens is 382 g/mol. The summed E-state index contributed by atoms with van der Waals surface area (Å²) in [6.45, 7) is -0.0478. The van der Waals surface area contributed by atoms with Crippen molar-refractivity contribution in [3.05, 3.63) is 71.1 Å². The Hall–Kier alpha value is -3.32. The highest BCUT2D eigenvalue weighted by Gasteiger charge is 2.09. The van der Waals surface area contributed by atoms with E-state index in [0.29, 0.717) is 17.9 Å². The highest BCUT2D eigenvalue weighted by Crippen LogP contribution is 2.18. The van der Waals surface area contributed by atoms with E-state index in [2.05, 4.69) is 10.3 Å². The van der Waals surface area contributed by atoms with Crippen molar-refractivity contribution in [2.45, 2.75) is 6.54 Å². The number of nitrogens with zero attached hydrogens (tertiary/aromatic N) is 2. The zero-order valence-corrected chi connectivity index (χ0v) is 15.8. The van der Waals surface area contributed by atoms with Crippen molar-refractivity contribution in [2.24, 2.45) is 0 Å². The van der Waals surface area contributed by atoms with Crippen molar-refractivity contribution in [3.63, 3.8) is 0 Å². The van der Waals surface area contributed by atoms with Crippen molar-refractivity contribution >= 4 is 35.2 Å². The minimum absolute atomic E-state index is 0.271. The Kier molecular flexibility index (Phi) is 6.29. The van der Waals surface area contributed by atoms with Crippen LogP contribution in [0.15, 0.2) is 54.7 Å². The first kappa shape index (κ1) is 19.4. The van der Waals surface area contributed by atoms with Gasteiger partial charge in [0.1, 0.15) is 11.4 Å². The summed E-state index contributed by atoms with van der Waals surface area (Å²) in [5.41, 5.74) is 2.12. The molecule has 8 heteroatoms. The van der Waals surface area contributed by atoms with Crippen LogP contribution in [0.25, 0.3) is 11.7 Å². The number of methoxy groups -OCH3 is 1. The second kappa shape index (κ2) is 9.05. The Labute approximate surface area is 166 Å². The van der Waals surface area contributed by atoms with Crippen LogP contribution in [0.1, 0.15) is 11.3 Å². The smallest absolute Gasteiger partial charge is 0.331 e. The third-order valence-electron chi connectivity index (χ3n) is 3.89. The van der Waals surface area contributed by atoms with Crippen LogP contribution in [-0.2, 0) is 20.9 Å². The number of benzene rings is 1. The molecule has 28 heavy (non-hydrogen) atoms. The number of pyridine rings is 1. The van der Waals surface area contributed by atoms with Gasteiger partial charge in [0.25, 0.3) is 5.91 Å². The molecular formula is C20H18ClN3O4. The predicted octanol–water partition coefficient (Wildman–Crippen LogP) is 2.87. The van der Waals surface area contributed by atoms with Gasteiger partial charge < -0.3 is 14.8 Å². The van der Waals surface area contributed by atoms with E-state index in [-0.39, 0.29) is 11.8 Å². The van der Waals surface area contributed by atoms with Gasteiger partial charge in [-0.1, -0.05) is 29.8 Å². The number of fused-ring (bicyclic) bond motifs is 1. The average Bonchev–Trinajstić information content (AvgIpc) is 3.04. The average molecular weight is 400 g/mol. The van der Waals surface area contributed by atoms with E-state index in [1.807, 2.05) is 24.3 Å². The van der Waals surface area contributed by atoms with E-state index in [4.69, 9.17) is 21.1 Å². The van der Waals surface area contributed by atoms with E-state index in [1.165, 1.54) is 12.2 Å². The van der Waals surface area contributed by atoms with E-state index in [1.54, 1.807) is 35.9 Å². The molecule has 1 aromatic carbocycles. The first-order valence-corrected chi connectivity index (χ1v) is 8.81. The Bertz CT molecular complexity index is 1010. The molecule has 0 radical (unpaired) electrons. The van der Waals surface area contributed by atoms with E-state index >= 15 is 0 Å². The van der Waals surface area contributed by atoms with Gasteiger partial charge in [0.15, 0.2) is 11.8 Å². The summed E-state index contributed by atoms with van der Waals surface area (Å²) in [6.07, 6.45) is 4.49. The van der Waals surface area contributed by atoms with E-state index in [9.17, 15) is 9.59 Å². The van der Waals surface area contributed by atoms with Crippen LogP contribution in [0.3, 0.4) is 0 Å². The summed E-state index contributed by atoms with van der Waals surface area (Å²) in [5, 5.41) is 2.95. The van der Waals surface area contributed by atoms with Gasteiger partial charge in [0.2, 0.25) is 0 Å². The molecule has 0 aliphatic carbocycles. The van der Waals surface area contributed by atoms with Crippen molar-refractivity contribution < 1.29 is 19.1 Å². The number of rotatable bonds is 7. The lowest BCUT2D eigenvalue weighted by Gasteiger charge is -2.06. The minimum atomic E-state index is -0.651. The molecule has 2 heterocycles. The number of nitrogens with one attached hydrogen (secondary N) is 1. The number of imidazole rings is 1. The highest BCUT2D eigenvalue weighted by atomic mass is 35.5. The van der Waals surface area contributed by atoms with Gasteiger partial charge in [-0.2, -0.15) is 0 Å². The molecule has 0 saturated heterocycles. The number of amides is 1. The van der Waals surface area contributed by atoms with Gasteiger partial charge in [-0.05, 0) is 35.9 Å². The molecule has 0 bridgehead atoms. The topological polar surface area (TPSA) is 81.9 Å². The molecule has 144 valence electrons. The molecule has 1 N–H and O–H groups in total. The second-order valence-electron chi connectivity index (χ2n) is 5.78. The number of hydrogen-bond donors (Lipinski definition) is 1. The molecule has 0 spiro atoms. The predicted molar refractivity (Wildman–Crippen MR) is 105 cm³/mol. The highest BCUT2D eigenvalue weighted by molar-refractivity contribution is 6.31. The fourth-order valence-electron chi connectivity index (χ4n) is 2.46. The third-order valence-corrected chi connectivity index (χ3v) is 4.17. The van der Waals surface area contributed by atoms with Crippen molar-refractivity contribution in [2.75, 3.05) is 13.7 Å². The van der Waals surface area contributed by atoms with Gasteiger partial charge in [0, 0.05) is 18.8 Å². The normalized spacial score (nSPS) is 10.9. The fraction of sp³-hybridized carbons (Fsp3) is 0.150. The van der Waals surface area contributed by atoms with Crippen molar-refractivity contribution in [3.8, 4) is 5.75 Å². The lowest BCUT2D eigenvalue weighted by molar-refractivity contribution is -0.143. The maximum Gasteiger partial charge on any atom is 0.331 e. The van der Waals surface area contributed by atoms with Crippen LogP contribution in [0.2, 0.25) is 5.15 Å². The summed E-state index contributed by atoms with van der Waals surface area (Å²) in [5.74, 6) is -0.311. The second-order valence-corrected chi connectivity index (χ2v) is 6.14. The van der Waals surface area contributed by atoms with Gasteiger partial charge in [0.05, 0.1) is 12.8 Å². The zero-order chi connectivity index (χ0) is 19.9. The molecule has 3 aromatic rings. The number of ether oxygens (including phenoxy) is 2. The zero-order valence-electron chi connectivity index (χ0n) is 15.1. The third kappa shape index (κ3) is 4.89. The Morgan fingerprint density at radius 2 is 2.00 bits per heavy atom. The SMILES string of the molecule is COc1ccc(CNC(=O)COC(=O)/C=C/c2c(Cl)nc3ccccn23)cc1. The maximum atomic E-state index is 11.9. The summed E-state index contributed by atoms with van der Waals surface area (Å²) in [6, 6.07) is 12.8. The Morgan fingerprint density at radius 3 is 2.75 bits per heavy atom. The number of esters is 1. The van der Waals surface area contributed by atoms with E-state index < -0.39 is 11.9 Å². The van der Waals surface area contributed by atoms with Crippen LogP contribution in [0.5, 0.6) is 5.75 Å². The molecule has 0 atom stereocenters. The number of hydrogen-bond acceptors (Lipinski definition) is 5. The van der Waals surface area contributed by atoms with E-state index in [0.717, 1.165) is 11.3 Å². The van der Waals surface area contributed by atoms with Crippen LogP contribution >= 0.6 is 11.6 Å². The molecule has 0 unspecified atom stereocenters. The quantitative estimate of drug-likeness (QED) is 0.488. The molecule has 0 aliphatic rings. The summed E-state index contributed by atoms with van der Waals surface area (Å²) < 4.78 is 11.8. The number of aromatic nitrogens is 2. The van der Waals surface area contributed by atoms with Crippen LogP contribution in [-0.4, -0.2) is 35.0 Å². The molecule has 2 aromatic heterocycles. The molecule has 0 fully saturated rings. The fourth-order valence-corrected chi connectivity index (χ4v) is 2.70. The molecule has 7 nitrogen and oxygen atoms in total. The van der Waals surface area contributed by atoms with Gasteiger partial charge in [-0.3, -0.25) is 9.20 Å². The molecule has 3 rings (SSSR count). The molecule has 0 aliphatic heterocycles. The van der Waals surface area contributed by atoms with Crippen molar-refractivity contribution in [1.29, 1.82) is 0 Å². The maximum absolute atomic E-state index is 11.9. The molecule has 1 amide bonds. The first-order chi connectivity index (χ1) is 13.6. The minimum Gasteiger partial charge on any atom is -0.497 e. The summed E-state index contributed by atoms with van der Waals surface area (Å²) in [4.78, 5) is 27.9. The Morgan fingerprint density at radius 1 is 1.21 bits per heavy atom. The van der Waals surface area contributed by atoms with Crippen LogP contribution in [0, 0.1) is 0 Å². The number of halogens is 1. The lowest BCUT2D eigenvalue weighted by Crippen LogP contribution is -2.28. The van der Waals surface area contributed by atoms with Gasteiger partial charge in [-0.15, -0.1) is 0 Å². The van der Waals surface area contributed by atoms with Crippen LogP contribution < -0.4 is 10.1 Å². The monoisotopic (exact) mass is 399 g/mol. The summed E-state index contributed by atoms with van der Waals surface area (Å²) >= 11 is 6.09. The van der Waals surface area contributed by atoms with Crippen LogP contribution in [0.4, 0.5) is 0 Å². The summed E-state index contributed by atoms with van der Waals surface area (Å²) in [7, 11) is 1.59. The number of carbonyl (C=O) groups excluding carboxylic acids is 2. The van der Waals surface area contributed by atoms with Crippen molar-refractivity contribution in [1.82, 2.24) is 14.7 Å². The van der Waals surface area contributed by atoms with Gasteiger partial charge in [-0.25, -0.2) is 9.78 Å². The lowest BCUT2D eigenvalue weighted by atomic mass is 10.2.